The molecule has 3 N–H and O–H groups in total. The Kier molecular flexibility index (Phi) is 2.73. The van der Waals surface area contributed by atoms with E-state index in [2.05, 4.69) is 19.2 Å². The molecular formula is C9H18N2O. The van der Waals surface area contributed by atoms with E-state index in [-0.39, 0.29) is 11.4 Å². The largest absolute Gasteiger partial charge is 0.370 e. The summed E-state index contributed by atoms with van der Waals surface area (Å²) in [6, 6.07) is 0. The number of carbonyl (C=O) groups is 1. The molecule has 0 radical (unpaired) electrons. The predicted molar refractivity (Wildman–Crippen MR) is 48.6 cm³/mol. The minimum Gasteiger partial charge on any atom is -0.370 e. The third-order valence-corrected chi connectivity index (χ3v) is 2.54. The zero-order valence-corrected chi connectivity index (χ0v) is 7.89. The van der Waals surface area contributed by atoms with Crippen LogP contribution in [0.1, 0.15) is 33.1 Å². The monoisotopic (exact) mass is 170 g/mol. The molecule has 0 unspecified atom stereocenters. The molecule has 0 aromatic rings. The SMILES string of the molecule is CCNC1(CC(N)=O)CC(C)C1. The summed E-state index contributed by atoms with van der Waals surface area (Å²) in [4.78, 5) is 10.8. The van der Waals surface area contributed by atoms with Crippen LogP contribution in [0, 0.1) is 5.92 Å². The fourth-order valence-electron chi connectivity index (χ4n) is 2.33. The maximum absolute atomic E-state index is 10.8. The molecule has 1 rings (SSSR count). The molecule has 0 aromatic carbocycles. The molecular weight excluding hydrogens is 152 g/mol. The molecule has 0 saturated heterocycles. The first-order valence-electron chi connectivity index (χ1n) is 4.61. The van der Waals surface area contributed by atoms with Crippen LogP contribution in [0.5, 0.6) is 0 Å². The quantitative estimate of drug-likeness (QED) is 0.650. The lowest BCUT2D eigenvalue weighted by Gasteiger charge is -2.46. The van der Waals surface area contributed by atoms with Crippen molar-refractivity contribution in [3.8, 4) is 0 Å². The van der Waals surface area contributed by atoms with Gasteiger partial charge in [-0.05, 0) is 25.3 Å². The molecule has 0 atom stereocenters. The number of hydrogen-bond donors (Lipinski definition) is 2. The maximum atomic E-state index is 10.8. The number of nitrogens with two attached hydrogens (primary N) is 1. The zero-order valence-electron chi connectivity index (χ0n) is 7.89. The van der Waals surface area contributed by atoms with Crippen molar-refractivity contribution in [3.05, 3.63) is 0 Å². The van der Waals surface area contributed by atoms with Crippen molar-refractivity contribution in [1.29, 1.82) is 0 Å². The van der Waals surface area contributed by atoms with E-state index in [1.807, 2.05) is 0 Å². The molecule has 0 aliphatic heterocycles. The molecule has 0 spiro atoms. The topological polar surface area (TPSA) is 55.1 Å². The second kappa shape index (κ2) is 3.44. The van der Waals surface area contributed by atoms with Crippen molar-refractivity contribution < 1.29 is 4.79 Å². The van der Waals surface area contributed by atoms with Crippen molar-refractivity contribution in [2.24, 2.45) is 11.7 Å². The van der Waals surface area contributed by atoms with Crippen LogP contribution in [0.3, 0.4) is 0 Å². The van der Waals surface area contributed by atoms with Gasteiger partial charge in [-0.15, -0.1) is 0 Å². The molecule has 1 aliphatic rings. The highest BCUT2D eigenvalue weighted by Crippen LogP contribution is 2.39. The Morgan fingerprint density at radius 1 is 1.67 bits per heavy atom. The summed E-state index contributed by atoms with van der Waals surface area (Å²) in [7, 11) is 0. The molecule has 0 heterocycles. The number of primary amides is 1. The lowest BCUT2D eigenvalue weighted by atomic mass is 9.67. The Labute approximate surface area is 73.7 Å². The minimum absolute atomic E-state index is 0.0417. The van der Waals surface area contributed by atoms with Gasteiger partial charge in [-0.2, -0.15) is 0 Å². The number of nitrogens with one attached hydrogen (secondary N) is 1. The van der Waals surface area contributed by atoms with Gasteiger partial charge in [0.25, 0.3) is 0 Å². The van der Waals surface area contributed by atoms with Gasteiger partial charge in [0.2, 0.25) is 5.91 Å². The van der Waals surface area contributed by atoms with Crippen molar-refractivity contribution in [3.63, 3.8) is 0 Å². The fourth-order valence-corrected chi connectivity index (χ4v) is 2.33. The first-order valence-corrected chi connectivity index (χ1v) is 4.61. The molecule has 1 saturated carbocycles. The van der Waals surface area contributed by atoms with E-state index in [1.165, 1.54) is 0 Å². The van der Waals surface area contributed by atoms with Crippen LogP contribution in [-0.4, -0.2) is 18.0 Å². The molecule has 1 fully saturated rings. The normalized spacial score (nSPS) is 34.3. The van der Waals surface area contributed by atoms with Crippen LogP contribution in [0.4, 0.5) is 0 Å². The Morgan fingerprint density at radius 3 is 2.58 bits per heavy atom. The summed E-state index contributed by atoms with van der Waals surface area (Å²) in [6.45, 7) is 5.18. The van der Waals surface area contributed by atoms with Gasteiger partial charge in [0, 0.05) is 12.0 Å². The highest BCUT2D eigenvalue weighted by atomic mass is 16.1. The van der Waals surface area contributed by atoms with Crippen LogP contribution in [0.15, 0.2) is 0 Å². The van der Waals surface area contributed by atoms with E-state index in [0.717, 1.165) is 25.3 Å². The van der Waals surface area contributed by atoms with E-state index in [0.29, 0.717) is 6.42 Å². The highest BCUT2D eigenvalue weighted by Gasteiger charge is 2.42. The Balaban J connectivity index is 2.44. The molecule has 70 valence electrons. The molecule has 3 nitrogen and oxygen atoms in total. The van der Waals surface area contributed by atoms with Crippen molar-refractivity contribution in [1.82, 2.24) is 5.32 Å². The van der Waals surface area contributed by atoms with Crippen molar-refractivity contribution in [2.45, 2.75) is 38.6 Å². The Morgan fingerprint density at radius 2 is 2.25 bits per heavy atom. The lowest BCUT2D eigenvalue weighted by molar-refractivity contribution is -0.120. The minimum atomic E-state index is -0.192. The van der Waals surface area contributed by atoms with Crippen LogP contribution in [0.2, 0.25) is 0 Å². The average Bonchev–Trinajstić information content (AvgIpc) is 1.83. The van der Waals surface area contributed by atoms with Gasteiger partial charge in [0.05, 0.1) is 0 Å². The smallest absolute Gasteiger partial charge is 0.219 e. The van der Waals surface area contributed by atoms with Gasteiger partial charge in [0.15, 0.2) is 0 Å². The third kappa shape index (κ3) is 1.97. The van der Waals surface area contributed by atoms with Crippen molar-refractivity contribution in [2.75, 3.05) is 6.54 Å². The first-order chi connectivity index (χ1) is 5.58. The number of carbonyl (C=O) groups excluding carboxylic acids is 1. The molecule has 0 aromatic heterocycles. The van der Waals surface area contributed by atoms with E-state index >= 15 is 0 Å². The number of amides is 1. The Hall–Kier alpha value is -0.570. The average molecular weight is 170 g/mol. The summed E-state index contributed by atoms with van der Waals surface area (Å²) in [5.74, 6) is 0.547. The molecule has 3 heteroatoms. The molecule has 1 amide bonds. The standard InChI is InChI=1S/C9H18N2O/c1-3-11-9(6-8(10)12)4-7(2)5-9/h7,11H,3-6H2,1-2H3,(H2,10,12). The van der Waals surface area contributed by atoms with E-state index in [1.54, 1.807) is 0 Å². The van der Waals surface area contributed by atoms with Crippen molar-refractivity contribution >= 4 is 5.91 Å². The van der Waals surface area contributed by atoms with Crippen LogP contribution >= 0.6 is 0 Å². The second-order valence-electron chi connectivity index (χ2n) is 3.97. The predicted octanol–water partition coefficient (Wildman–Crippen LogP) is 0.640. The first kappa shape index (κ1) is 9.52. The molecule has 0 bridgehead atoms. The Bertz CT molecular complexity index is 168. The van der Waals surface area contributed by atoms with E-state index in [9.17, 15) is 4.79 Å². The second-order valence-corrected chi connectivity index (χ2v) is 3.97. The highest BCUT2D eigenvalue weighted by molar-refractivity contribution is 5.75. The zero-order chi connectivity index (χ0) is 9.19. The lowest BCUT2D eigenvalue weighted by Crippen LogP contribution is -2.56. The van der Waals surface area contributed by atoms with E-state index in [4.69, 9.17) is 5.73 Å². The van der Waals surface area contributed by atoms with Gasteiger partial charge < -0.3 is 11.1 Å². The van der Waals surface area contributed by atoms with Gasteiger partial charge >= 0.3 is 0 Å². The van der Waals surface area contributed by atoms with Crippen LogP contribution in [0.25, 0.3) is 0 Å². The van der Waals surface area contributed by atoms with E-state index < -0.39 is 0 Å². The summed E-state index contributed by atoms with van der Waals surface area (Å²) < 4.78 is 0. The number of hydrogen-bond acceptors (Lipinski definition) is 2. The molecule has 12 heavy (non-hydrogen) atoms. The summed E-state index contributed by atoms with van der Waals surface area (Å²) >= 11 is 0. The maximum Gasteiger partial charge on any atom is 0.219 e. The van der Waals surface area contributed by atoms with Crippen LogP contribution < -0.4 is 11.1 Å². The van der Waals surface area contributed by atoms with Gasteiger partial charge in [0.1, 0.15) is 0 Å². The summed E-state index contributed by atoms with van der Waals surface area (Å²) in [6.07, 6.45) is 2.67. The van der Waals surface area contributed by atoms with Gasteiger partial charge in [-0.1, -0.05) is 13.8 Å². The van der Waals surface area contributed by atoms with Gasteiger partial charge in [-0.25, -0.2) is 0 Å². The molecule has 1 aliphatic carbocycles. The van der Waals surface area contributed by atoms with Gasteiger partial charge in [-0.3, -0.25) is 4.79 Å². The third-order valence-electron chi connectivity index (χ3n) is 2.54. The number of rotatable bonds is 4. The summed E-state index contributed by atoms with van der Waals surface area (Å²) in [5.41, 5.74) is 5.23. The summed E-state index contributed by atoms with van der Waals surface area (Å²) in [5, 5.41) is 3.36. The van der Waals surface area contributed by atoms with Crippen LogP contribution in [-0.2, 0) is 4.79 Å². The fraction of sp³-hybridized carbons (Fsp3) is 0.889.